The van der Waals surface area contributed by atoms with Gasteiger partial charge in [0.2, 0.25) is 5.09 Å². The predicted octanol–water partition coefficient (Wildman–Crippen LogP) is 1.58. The van der Waals surface area contributed by atoms with Crippen molar-refractivity contribution in [1.82, 2.24) is 4.31 Å². The number of benzene rings is 1. The summed E-state index contributed by atoms with van der Waals surface area (Å²) in [4.78, 5) is 23.4. The van der Waals surface area contributed by atoms with E-state index in [2.05, 4.69) is 5.32 Å². The van der Waals surface area contributed by atoms with Gasteiger partial charge in [0.25, 0.3) is 21.8 Å². The molecule has 1 aromatic heterocycles. The molecule has 2 amide bonds. The molecule has 3 rings (SSSR count). The Kier molecular flexibility index (Phi) is 6.63. The van der Waals surface area contributed by atoms with Crippen LogP contribution in [0.25, 0.3) is 0 Å². The zero-order valence-corrected chi connectivity index (χ0v) is 17.2. The monoisotopic (exact) mass is 437 g/mol. The zero-order valence-electron chi connectivity index (χ0n) is 16.4. The van der Waals surface area contributed by atoms with Gasteiger partial charge in [-0.05, 0) is 37.1 Å². The molecule has 1 aliphatic heterocycles. The van der Waals surface area contributed by atoms with Crippen LogP contribution in [0.15, 0.2) is 39.8 Å². The topological polar surface area (TPSA) is 141 Å². The molecular weight excluding hydrogens is 414 g/mol. The fourth-order valence-corrected chi connectivity index (χ4v) is 4.45. The van der Waals surface area contributed by atoms with E-state index in [9.17, 15) is 18.0 Å². The number of ether oxygens (including phenoxy) is 2. The van der Waals surface area contributed by atoms with Gasteiger partial charge in [0, 0.05) is 24.8 Å². The quantitative estimate of drug-likeness (QED) is 0.638. The van der Waals surface area contributed by atoms with Gasteiger partial charge in [0.1, 0.15) is 0 Å². The van der Waals surface area contributed by atoms with Gasteiger partial charge < -0.3 is 24.9 Å². The summed E-state index contributed by atoms with van der Waals surface area (Å²) in [5.74, 6) is -0.893. The van der Waals surface area contributed by atoms with Crippen molar-refractivity contribution in [1.29, 1.82) is 0 Å². The highest BCUT2D eigenvalue weighted by Crippen LogP contribution is 2.30. The van der Waals surface area contributed by atoms with Gasteiger partial charge in [-0.2, -0.15) is 4.31 Å². The molecule has 0 bridgehead atoms. The number of primary amides is 1. The normalized spacial score (nSPS) is 14.8. The molecule has 162 valence electrons. The second-order valence-corrected chi connectivity index (χ2v) is 8.53. The molecule has 0 radical (unpaired) electrons. The molecule has 1 saturated heterocycles. The number of nitrogens with one attached hydrogen (secondary N) is 1. The van der Waals surface area contributed by atoms with Crippen LogP contribution in [-0.2, 0) is 14.8 Å². The van der Waals surface area contributed by atoms with Crippen LogP contribution < -0.4 is 20.5 Å². The van der Waals surface area contributed by atoms with Crippen molar-refractivity contribution in [2.75, 3.05) is 32.1 Å². The lowest BCUT2D eigenvalue weighted by Crippen LogP contribution is -2.35. The van der Waals surface area contributed by atoms with Crippen LogP contribution >= 0.6 is 0 Å². The maximum atomic E-state index is 12.7. The fraction of sp³-hybridized carbons (Fsp3) is 0.368. The summed E-state index contributed by atoms with van der Waals surface area (Å²) in [5.41, 5.74) is 5.41. The van der Waals surface area contributed by atoms with Crippen LogP contribution in [0.4, 0.5) is 5.69 Å². The minimum Gasteiger partial charge on any atom is -0.493 e. The van der Waals surface area contributed by atoms with Crippen molar-refractivity contribution < 1.29 is 31.9 Å². The summed E-state index contributed by atoms with van der Waals surface area (Å²) in [6.07, 6.45) is 2.58. The number of sulfonamides is 1. The molecule has 1 aliphatic rings. The Morgan fingerprint density at radius 3 is 2.53 bits per heavy atom. The first kappa shape index (κ1) is 21.7. The lowest BCUT2D eigenvalue weighted by atomic mass is 10.2. The van der Waals surface area contributed by atoms with Gasteiger partial charge in [-0.15, -0.1) is 0 Å². The SMILES string of the molecule is COc1ccc(NC(=O)c2ccc(S(=O)(=O)N3CCCCC3)o2)cc1OCC(N)=O. The van der Waals surface area contributed by atoms with Crippen molar-refractivity contribution in [2.45, 2.75) is 24.4 Å². The third-order valence-corrected chi connectivity index (χ3v) is 6.28. The van der Waals surface area contributed by atoms with E-state index in [-0.39, 0.29) is 23.2 Å². The number of nitrogens with two attached hydrogens (primary N) is 1. The van der Waals surface area contributed by atoms with E-state index in [0.717, 1.165) is 19.3 Å². The number of amides is 2. The Hall–Kier alpha value is -3.05. The molecule has 0 unspecified atom stereocenters. The van der Waals surface area contributed by atoms with Gasteiger partial charge in [0.05, 0.1) is 7.11 Å². The van der Waals surface area contributed by atoms with E-state index >= 15 is 0 Å². The van der Waals surface area contributed by atoms with E-state index in [1.165, 1.54) is 29.6 Å². The standard InChI is InChI=1S/C19H23N3O7S/c1-27-14-6-5-13(11-16(14)28-12-17(20)23)21-19(24)15-7-8-18(29-15)30(25,26)22-9-3-2-4-10-22/h5-8,11H,2-4,9-10,12H2,1H3,(H2,20,23)(H,21,24). The van der Waals surface area contributed by atoms with E-state index in [4.69, 9.17) is 19.6 Å². The molecule has 0 saturated carbocycles. The molecule has 0 atom stereocenters. The maximum absolute atomic E-state index is 12.7. The van der Waals surface area contributed by atoms with Crippen LogP contribution in [0.1, 0.15) is 29.8 Å². The number of hydrogen-bond donors (Lipinski definition) is 2. The molecule has 0 spiro atoms. The van der Waals surface area contributed by atoms with E-state index in [1.54, 1.807) is 12.1 Å². The summed E-state index contributed by atoms with van der Waals surface area (Å²) in [5, 5.41) is 2.32. The second-order valence-electron chi connectivity index (χ2n) is 6.66. The lowest BCUT2D eigenvalue weighted by Gasteiger charge is -2.24. The summed E-state index contributed by atoms with van der Waals surface area (Å²) >= 11 is 0. The molecule has 11 heteroatoms. The second kappa shape index (κ2) is 9.18. The smallest absolute Gasteiger partial charge is 0.291 e. The van der Waals surface area contributed by atoms with Crippen molar-refractivity contribution in [3.63, 3.8) is 0 Å². The molecule has 10 nitrogen and oxygen atoms in total. The highest BCUT2D eigenvalue weighted by Gasteiger charge is 2.29. The molecular formula is C19H23N3O7S. The van der Waals surface area contributed by atoms with Gasteiger partial charge in [0.15, 0.2) is 23.9 Å². The number of furan rings is 1. The molecule has 1 aromatic carbocycles. The van der Waals surface area contributed by atoms with Crippen molar-refractivity contribution >= 4 is 27.5 Å². The average molecular weight is 437 g/mol. The Morgan fingerprint density at radius 2 is 1.87 bits per heavy atom. The van der Waals surface area contributed by atoms with Crippen LogP contribution in [0.5, 0.6) is 11.5 Å². The molecule has 2 aromatic rings. The van der Waals surface area contributed by atoms with E-state index < -0.39 is 21.8 Å². The van der Waals surface area contributed by atoms with Crippen LogP contribution in [0.2, 0.25) is 0 Å². The number of methoxy groups -OCH3 is 1. The zero-order chi connectivity index (χ0) is 21.7. The first-order chi connectivity index (χ1) is 14.3. The third kappa shape index (κ3) is 4.92. The van der Waals surface area contributed by atoms with Crippen LogP contribution in [-0.4, -0.2) is 51.3 Å². The summed E-state index contributed by atoms with van der Waals surface area (Å²) in [6.45, 7) is 0.513. The first-order valence-electron chi connectivity index (χ1n) is 9.32. The van der Waals surface area contributed by atoms with Gasteiger partial charge in [-0.1, -0.05) is 6.42 Å². The van der Waals surface area contributed by atoms with Crippen LogP contribution in [0, 0.1) is 0 Å². The molecule has 1 fully saturated rings. The fourth-order valence-electron chi connectivity index (χ4n) is 3.02. The Balaban J connectivity index is 1.73. The Morgan fingerprint density at radius 1 is 1.13 bits per heavy atom. The highest BCUT2D eigenvalue weighted by atomic mass is 32.2. The highest BCUT2D eigenvalue weighted by molar-refractivity contribution is 7.89. The third-order valence-electron chi connectivity index (χ3n) is 4.51. The summed E-state index contributed by atoms with van der Waals surface area (Å²) in [7, 11) is -2.34. The number of nitrogens with zero attached hydrogens (tertiary/aromatic N) is 1. The van der Waals surface area contributed by atoms with Crippen LogP contribution in [0.3, 0.4) is 0 Å². The van der Waals surface area contributed by atoms with E-state index in [1.807, 2.05) is 0 Å². The van der Waals surface area contributed by atoms with Gasteiger partial charge in [-0.3, -0.25) is 9.59 Å². The number of anilines is 1. The predicted molar refractivity (Wildman–Crippen MR) is 107 cm³/mol. The summed E-state index contributed by atoms with van der Waals surface area (Å²) in [6, 6.07) is 7.13. The number of hydrogen-bond acceptors (Lipinski definition) is 7. The van der Waals surface area contributed by atoms with E-state index in [0.29, 0.717) is 24.5 Å². The molecule has 3 N–H and O–H groups in total. The number of piperidine rings is 1. The van der Waals surface area contributed by atoms with Crippen molar-refractivity contribution in [2.24, 2.45) is 5.73 Å². The Labute approximate surface area is 174 Å². The molecule has 2 heterocycles. The number of carbonyl (C=O) groups excluding carboxylic acids is 2. The number of carbonyl (C=O) groups is 2. The largest absolute Gasteiger partial charge is 0.493 e. The van der Waals surface area contributed by atoms with Crippen molar-refractivity contribution in [3.8, 4) is 11.5 Å². The molecule has 0 aliphatic carbocycles. The summed E-state index contributed by atoms with van der Waals surface area (Å²) < 4.78 is 42.4. The Bertz CT molecular complexity index is 1030. The van der Waals surface area contributed by atoms with Crippen molar-refractivity contribution in [3.05, 3.63) is 36.1 Å². The lowest BCUT2D eigenvalue weighted by molar-refractivity contribution is -0.119. The van der Waals surface area contributed by atoms with Gasteiger partial charge >= 0.3 is 0 Å². The minimum absolute atomic E-state index is 0.152. The van der Waals surface area contributed by atoms with Gasteiger partial charge in [-0.25, -0.2) is 8.42 Å². The maximum Gasteiger partial charge on any atom is 0.291 e. The molecule has 30 heavy (non-hydrogen) atoms. The number of rotatable bonds is 8. The average Bonchev–Trinajstić information content (AvgIpc) is 3.24. The minimum atomic E-state index is -3.77. The first-order valence-corrected chi connectivity index (χ1v) is 10.8.